The largest absolute Gasteiger partial charge is 0.481 e. The van der Waals surface area contributed by atoms with E-state index in [0.717, 1.165) is 6.42 Å². The van der Waals surface area contributed by atoms with E-state index in [1.165, 1.54) is 0 Å². The van der Waals surface area contributed by atoms with Gasteiger partial charge in [0, 0.05) is 19.4 Å². The number of nitrogens with two attached hydrogens (primary N) is 1. The highest BCUT2D eigenvalue weighted by molar-refractivity contribution is 7.89. The van der Waals surface area contributed by atoms with Gasteiger partial charge in [-0.15, -0.1) is 0 Å². The summed E-state index contributed by atoms with van der Waals surface area (Å²) in [6, 6.07) is 0. The summed E-state index contributed by atoms with van der Waals surface area (Å²) in [5.41, 5.74) is 5.12. The van der Waals surface area contributed by atoms with Gasteiger partial charge in [0.25, 0.3) is 0 Å². The molecule has 0 heterocycles. The third kappa shape index (κ3) is 21.3. The zero-order valence-electron chi connectivity index (χ0n) is 12.4. The Morgan fingerprint density at radius 2 is 1.48 bits per heavy atom. The maximum Gasteiger partial charge on any atom is 0.303 e. The molecule has 0 saturated carbocycles. The van der Waals surface area contributed by atoms with Gasteiger partial charge in [-0.25, -0.2) is 13.1 Å². The van der Waals surface area contributed by atoms with Crippen molar-refractivity contribution in [1.82, 2.24) is 4.72 Å². The topological polar surface area (TPSA) is 147 Å². The Hall–Kier alpha value is -1.19. The molecule has 0 aliphatic rings. The summed E-state index contributed by atoms with van der Waals surface area (Å²) in [6.45, 7) is 2.47. The highest BCUT2D eigenvalue weighted by Crippen LogP contribution is 1.94. The highest BCUT2D eigenvalue weighted by atomic mass is 32.2. The summed E-state index contributed by atoms with van der Waals surface area (Å²) >= 11 is 0. The molecule has 0 spiro atoms. The van der Waals surface area contributed by atoms with E-state index in [2.05, 4.69) is 4.72 Å². The zero-order valence-corrected chi connectivity index (χ0v) is 13.2. The van der Waals surface area contributed by atoms with Crippen LogP contribution in [0.1, 0.15) is 45.4 Å². The Morgan fingerprint density at radius 1 is 1.00 bits per heavy atom. The van der Waals surface area contributed by atoms with Crippen LogP contribution in [0.25, 0.3) is 0 Å². The number of aliphatic carboxylic acids is 2. The van der Waals surface area contributed by atoms with Crippen LogP contribution in [0.2, 0.25) is 0 Å². The summed E-state index contributed by atoms with van der Waals surface area (Å²) in [7, 11) is -3.12. The first-order chi connectivity index (χ1) is 9.75. The minimum atomic E-state index is -3.12. The van der Waals surface area contributed by atoms with Gasteiger partial charge in [0.1, 0.15) is 0 Å². The Balaban J connectivity index is 0. The van der Waals surface area contributed by atoms with Crippen LogP contribution in [0.3, 0.4) is 0 Å². The number of hydrogen-bond donors (Lipinski definition) is 4. The fraction of sp³-hybridized carbons (Fsp3) is 0.833. The molecule has 0 radical (unpaired) electrons. The van der Waals surface area contributed by atoms with Crippen molar-refractivity contribution >= 4 is 22.0 Å². The van der Waals surface area contributed by atoms with E-state index in [1.54, 1.807) is 6.92 Å². The third-order valence-corrected chi connectivity index (χ3v) is 3.77. The minimum absolute atomic E-state index is 0.0614. The summed E-state index contributed by atoms with van der Waals surface area (Å²) in [5, 5.41) is 16.4. The molecule has 0 aromatic heterocycles. The minimum Gasteiger partial charge on any atom is -0.481 e. The van der Waals surface area contributed by atoms with Crippen LogP contribution in [0.4, 0.5) is 0 Å². The molecule has 0 amide bonds. The Labute approximate surface area is 125 Å². The number of unbranched alkanes of at least 4 members (excludes halogenated alkanes) is 2. The van der Waals surface area contributed by atoms with Crippen molar-refractivity contribution in [1.29, 1.82) is 0 Å². The van der Waals surface area contributed by atoms with Crippen molar-refractivity contribution in [2.75, 3.05) is 18.8 Å². The van der Waals surface area contributed by atoms with Gasteiger partial charge >= 0.3 is 11.9 Å². The first-order valence-electron chi connectivity index (χ1n) is 6.86. The average molecular weight is 326 g/mol. The van der Waals surface area contributed by atoms with Gasteiger partial charge in [0.05, 0.1) is 5.75 Å². The lowest BCUT2D eigenvalue weighted by Gasteiger charge is -2.02. The normalized spacial score (nSPS) is 10.6. The van der Waals surface area contributed by atoms with Gasteiger partial charge in [-0.1, -0.05) is 0 Å². The van der Waals surface area contributed by atoms with Gasteiger partial charge in [-0.3, -0.25) is 9.59 Å². The van der Waals surface area contributed by atoms with Crippen LogP contribution in [0.5, 0.6) is 0 Å². The van der Waals surface area contributed by atoms with Gasteiger partial charge in [0.15, 0.2) is 0 Å². The maximum absolute atomic E-state index is 10.9. The maximum atomic E-state index is 10.9. The monoisotopic (exact) mass is 326 g/mol. The molecule has 21 heavy (non-hydrogen) atoms. The highest BCUT2D eigenvalue weighted by Gasteiger charge is 2.04. The van der Waals surface area contributed by atoms with E-state index in [-0.39, 0.29) is 18.6 Å². The molecule has 0 aromatic rings. The summed E-state index contributed by atoms with van der Waals surface area (Å²) in [6.07, 6.45) is 2.91. The fourth-order valence-electron chi connectivity index (χ4n) is 1.15. The third-order valence-electron chi connectivity index (χ3n) is 2.36. The van der Waals surface area contributed by atoms with Crippen LogP contribution in [0, 0.1) is 0 Å². The van der Waals surface area contributed by atoms with Gasteiger partial charge in [-0.05, 0) is 39.2 Å². The number of nitrogens with one attached hydrogen (secondary N) is 1. The lowest BCUT2D eigenvalue weighted by molar-refractivity contribution is -0.138. The van der Waals surface area contributed by atoms with Crippen LogP contribution < -0.4 is 10.5 Å². The van der Waals surface area contributed by atoms with Crippen LogP contribution >= 0.6 is 0 Å². The van der Waals surface area contributed by atoms with Crippen molar-refractivity contribution in [2.24, 2.45) is 5.73 Å². The molecule has 0 atom stereocenters. The molecule has 0 aliphatic heterocycles. The molecule has 0 aromatic carbocycles. The van der Waals surface area contributed by atoms with Gasteiger partial charge in [0.2, 0.25) is 10.0 Å². The molecule has 0 aliphatic carbocycles. The number of carboxylic acids is 2. The standard InChI is InChI=1S/C7H15NO4S.C5H11NO2/c1-2-13(11,12)8-6-4-3-5-7(9)10;6-4-2-1-3-5(7)8/h8H,2-6H2,1H3,(H,9,10);1-4,6H2,(H,7,8). The summed E-state index contributed by atoms with van der Waals surface area (Å²) < 4.78 is 24.1. The smallest absolute Gasteiger partial charge is 0.303 e. The van der Waals surface area contributed by atoms with Crippen molar-refractivity contribution in [2.45, 2.75) is 45.4 Å². The lowest BCUT2D eigenvalue weighted by atomic mass is 10.2. The van der Waals surface area contributed by atoms with Gasteiger partial charge in [-0.2, -0.15) is 0 Å². The number of carboxylic acid groups (broad SMARTS) is 2. The van der Waals surface area contributed by atoms with E-state index in [9.17, 15) is 18.0 Å². The van der Waals surface area contributed by atoms with Crippen LogP contribution in [-0.2, 0) is 19.6 Å². The van der Waals surface area contributed by atoms with Crippen molar-refractivity contribution in [3.8, 4) is 0 Å². The number of hydrogen-bond acceptors (Lipinski definition) is 5. The lowest BCUT2D eigenvalue weighted by Crippen LogP contribution is -2.26. The molecule has 8 nitrogen and oxygen atoms in total. The second-order valence-electron chi connectivity index (χ2n) is 4.29. The van der Waals surface area contributed by atoms with E-state index in [0.29, 0.717) is 32.4 Å². The summed E-state index contributed by atoms with van der Waals surface area (Å²) in [5.74, 6) is -1.52. The Kier molecular flexibility index (Phi) is 14.5. The second-order valence-corrected chi connectivity index (χ2v) is 6.38. The molecule has 9 heteroatoms. The number of sulfonamides is 1. The van der Waals surface area contributed by atoms with E-state index in [1.807, 2.05) is 0 Å². The molecule has 5 N–H and O–H groups in total. The first-order valence-corrected chi connectivity index (χ1v) is 8.51. The van der Waals surface area contributed by atoms with Crippen LogP contribution in [0.15, 0.2) is 0 Å². The molecular weight excluding hydrogens is 300 g/mol. The predicted molar refractivity (Wildman–Crippen MR) is 79.5 cm³/mol. The average Bonchev–Trinajstić information content (AvgIpc) is 2.38. The fourth-order valence-corrected chi connectivity index (χ4v) is 1.81. The first kappa shape index (κ1) is 22.1. The van der Waals surface area contributed by atoms with E-state index in [4.69, 9.17) is 15.9 Å². The van der Waals surface area contributed by atoms with Crippen molar-refractivity contribution in [3.05, 3.63) is 0 Å². The molecule has 0 fully saturated rings. The molecule has 0 rings (SSSR count). The summed E-state index contributed by atoms with van der Waals surface area (Å²) in [4.78, 5) is 19.9. The second kappa shape index (κ2) is 13.8. The zero-order chi connectivity index (χ0) is 16.7. The predicted octanol–water partition coefficient (Wildman–Crippen LogP) is 0.381. The van der Waals surface area contributed by atoms with Gasteiger partial charge < -0.3 is 15.9 Å². The Bertz CT molecular complexity index is 383. The molecule has 0 unspecified atom stereocenters. The molecule has 0 bridgehead atoms. The van der Waals surface area contributed by atoms with E-state index < -0.39 is 22.0 Å². The Morgan fingerprint density at radius 3 is 1.86 bits per heavy atom. The van der Waals surface area contributed by atoms with Crippen LogP contribution in [-0.4, -0.2) is 49.4 Å². The van der Waals surface area contributed by atoms with Crippen molar-refractivity contribution < 1.29 is 28.2 Å². The van der Waals surface area contributed by atoms with E-state index >= 15 is 0 Å². The van der Waals surface area contributed by atoms with Crippen molar-refractivity contribution in [3.63, 3.8) is 0 Å². The number of carbonyl (C=O) groups is 2. The molecular formula is C12H26N2O6S. The SMILES string of the molecule is CCS(=O)(=O)NCCCCC(=O)O.NCCCCC(=O)O. The quantitative estimate of drug-likeness (QED) is 0.401. The molecule has 0 saturated heterocycles. The number of rotatable bonds is 11. The molecule has 126 valence electrons.